The SMILES string of the molecule is CCOC(=O)c1cnc(N[N+](=O)[O-])nc1C. The summed E-state index contributed by atoms with van der Waals surface area (Å²) in [5.41, 5.74) is 2.30. The van der Waals surface area contributed by atoms with Crippen LogP contribution in [-0.2, 0) is 4.74 Å². The number of rotatable bonds is 4. The number of hydrazine groups is 1. The number of anilines is 1. The first kappa shape index (κ1) is 11.8. The van der Waals surface area contributed by atoms with E-state index in [1.165, 1.54) is 6.20 Å². The number of carbonyl (C=O) groups excluding carboxylic acids is 1. The zero-order chi connectivity index (χ0) is 12.1. The topological polar surface area (TPSA) is 107 Å². The fourth-order valence-corrected chi connectivity index (χ4v) is 1.01. The maximum absolute atomic E-state index is 11.3. The van der Waals surface area contributed by atoms with Crippen molar-refractivity contribution in [2.24, 2.45) is 0 Å². The van der Waals surface area contributed by atoms with Crippen LogP contribution in [0, 0.1) is 17.0 Å². The molecule has 8 nitrogen and oxygen atoms in total. The van der Waals surface area contributed by atoms with E-state index in [1.54, 1.807) is 19.3 Å². The molecule has 1 N–H and O–H groups in total. The normalized spacial score (nSPS) is 9.62. The van der Waals surface area contributed by atoms with Gasteiger partial charge in [-0.15, -0.1) is 0 Å². The minimum atomic E-state index is -0.779. The molecule has 0 bridgehead atoms. The van der Waals surface area contributed by atoms with Gasteiger partial charge in [-0.2, -0.15) is 0 Å². The fourth-order valence-electron chi connectivity index (χ4n) is 1.01. The van der Waals surface area contributed by atoms with Gasteiger partial charge < -0.3 is 4.74 Å². The summed E-state index contributed by atoms with van der Waals surface area (Å²) in [5.74, 6) is -0.719. The summed E-state index contributed by atoms with van der Waals surface area (Å²) in [5, 5.41) is 9.35. The van der Waals surface area contributed by atoms with Gasteiger partial charge in [-0.3, -0.25) is 0 Å². The second-order valence-corrected chi connectivity index (χ2v) is 2.78. The van der Waals surface area contributed by atoms with E-state index in [4.69, 9.17) is 4.74 Å². The monoisotopic (exact) mass is 226 g/mol. The summed E-state index contributed by atoms with van der Waals surface area (Å²) in [6, 6.07) is 0. The smallest absolute Gasteiger partial charge is 0.341 e. The number of esters is 1. The van der Waals surface area contributed by atoms with Crippen molar-refractivity contribution in [1.82, 2.24) is 9.97 Å². The number of ether oxygens (including phenoxy) is 1. The van der Waals surface area contributed by atoms with Crippen molar-refractivity contribution in [3.63, 3.8) is 0 Å². The highest BCUT2D eigenvalue weighted by Crippen LogP contribution is 2.08. The predicted octanol–water partition coefficient (Wildman–Crippen LogP) is 0.565. The average Bonchev–Trinajstić information content (AvgIpc) is 2.16. The highest BCUT2D eigenvalue weighted by Gasteiger charge is 2.13. The Kier molecular flexibility index (Phi) is 3.70. The number of nitro groups is 1. The van der Waals surface area contributed by atoms with Crippen molar-refractivity contribution in [2.45, 2.75) is 13.8 Å². The molecule has 0 aromatic carbocycles. The minimum absolute atomic E-state index is 0.171. The largest absolute Gasteiger partial charge is 0.462 e. The molecule has 0 spiro atoms. The minimum Gasteiger partial charge on any atom is -0.462 e. The average molecular weight is 226 g/mol. The van der Waals surface area contributed by atoms with E-state index in [2.05, 4.69) is 9.97 Å². The van der Waals surface area contributed by atoms with Crippen molar-refractivity contribution >= 4 is 11.9 Å². The number of carbonyl (C=O) groups is 1. The number of nitrogens with one attached hydrogen (secondary N) is 1. The van der Waals surface area contributed by atoms with Gasteiger partial charge in [0.1, 0.15) is 0 Å². The number of aromatic nitrogens is 2. The third-order valence-electron chi connectivity index (χ3n) is 1.67. The Hall–Kier alpha value is -2.25. The van der Waals surface area contributed by atoms with E-state index in [0.29, 0.717) is 5.69 Å². The van der Waals surface area contributed by atoms with Crippen LogP contribution in [0.5, 0.6) is 0 Å². The maximum atomic E-state index is 11.3. The molecule has 0 aliphatic carbocycles. The van der Waals surface area contributed by atoms with Crippen LogP contribution < -0.4 is 5.43 Å². The summed E-state index contributed by atoms with van der Waals surface area (Å²) < 4.78 is 4.76. The van der Waals surface area contributed by atoms with E-state index < -0.39 is 11.0 Å². The molecule has 0 aliphatic heterocycles. The first-order chi connectivity index (χ1) is 7.54. The van der Waals surface area contributed by atoms with Gasteiger partial charge >= 0.3 is 5.97 Å². The van der Waals surface area contributed by atoms with Crippen LogP contribution in [0.3, 0.4) is 0 Å². The van der Waals surface area contributed by atoms with Gasteiger partial charge in [0.2, 0.25) is 0 Å². The van der Waals surface area contributed by atoms with Gasteiger partial charge in [-0.1, -0.05) is 5.43 Å². The van der Waals surface area contributed by atoms with E-state index in [9.17, 15) is 14.9 Å². The van der Waals surface area contributed by atoms with Gasteiger partial charge in [0.15, 0.2) is 5.03 Å². The maximum Gasteiger partial charge on any atom is 0.341 e. The molecular weight excluding hydrogens is 216 g/mol. The summed E-state index contributed by atoms with van der Waals surface area (Å²) >= 11 is 0. The molecule has 0 atom stereocenters. The summed E-state index contributed by atoms with van der Waals surface area (Å²) in [7, 11) is 0. The summed E-state index contributed by atoms with van der Waals surface area (Å²) in [6.45, 7) is 3.46. The molecule has 8 heteroatoms. The second-order valence-electron chi connectivity index (χ2n) is 2.78. The Morgan fingerprint density at radius 3 is 2.88 bits per heavy atom. The van der Waals surface area contributed by atoms with E-state index >= 15 is 0 Å². The van der Waals surface area contributed by atoms with Gasteiger partial charge in [0.05, 0.1) is 17.9 Å². The van der Waals surface area contributed by atoms with Crippen molar-refractivity contribution in [2.75, 3.05) is 12.0 Å². The molecule has 86 valence electrons. The van der Waals surface area contributed by atoms with Crippen LogP contribution in [-0.4, -0.2) is 27.6 Å². The zero-order valence-electron chi connectivity index (χ0n) is 8.76. The lowest BCUT2D eigenvalue weighted by atomic mass is 10.2. The van der Waals surface area contributed by atoms with Crippen molar-refractivity contribution in [3.8, 4) is 0 Å². The second kappa shape index (κ2) is 5.01. The summed E-state index contributed by atoms with van der Waals surface area (Å²) in [6.07, 6.45) is 1.19. The van der Waals surface area contributed by atoms with Crippen LogP contribution in [0.25, 0.3) is 0 Å². The first-order valence-electron chi connectivity index (χ1n) is 4.46. The fraction of sp³-hybridized carbons (Fsp3) is 0.375. The highest BCUT2D eigenvalue weighted by atomic mass is 16.7. The Morgan fingerprint density at radius 2 is 2.38 bits per heavy atom. The third-order valence-corrected chi connectivity index (χ3v) is 1.67. The molecule has 1 aromatic rings. The van der Waals surface area contributed by atoms with Crippen molar-refractivity contribution in [1.29, 1.82) is 0 Å². The van der Waals surface area contributed by atoms with Crippen molar-refractivity contribution in [3.05, 3.63) is 27.6 Å². The molecule has 0 fully saturated rings. The van der Waals surface area contributed by atoms with Crippen LogP contribution >= 0.6 is 0 Å². The van der Waals surface area contributed by atoms with E-state index in [-0.39, 0.29) is 18.1 Å². The van der Waals surface area contributed by atoms with E-state index in [0.717, 1.165) is 0 Å². The Balaban J connectivity index is 2.91. The third kappa shape index (κ3) is 2.87. The number of hydrogen-bond acceptors (Lipinski definition) is 6. The van der Waals surface area contributed by atoms with Crippen LogP contribution in [0.2, 0.25) is 0 Å². The molecule has 1 aromatic heterocycles. The lowest BCUT2D eigenvalue weighted by Gasteiger charge is -2.04. The molecule has 0 amide bonds. The van der Waals surface area contributed by atoms with Crippen LogP contribution in [0.15, 0.2) is 6.20 Å². The molecule has 16 heavy (non-hydrogen) atoms. The predicted molar refractivity (Wildman–Crippen MR) is 53.3 cm³/mol. The van der Waals surface area contributed by atoms with E-state index in [1.807, 2.05) is 0 Å². The molecule has 0 aliphatic rings. The van der Waals surface area contributed by atoms with Crippen LogP contribution in [0.4, 0.5) is 5.95 Å². The first-order valence-corrected chi connectivity index (χ1v) is 4.46. The molecule has 0 radical (unpaired) electrons. The zero-order valence-corrected chi connectivity index (χ0v) is 8.76. The quantitative estimate of drug-likeness (QED) is 0.454. The van der Waals surface area contributed by atoms with Crippen molar-refractivity contribution < 1.29 is 14.6 Å². The molecule has 0 unspecified atom stereocenters. The Labute approximate surface area is 90.8 Å². The van der Waals surface area contributed by atoms with Gasteiger partial charge in [-0.25, -0.2) is 24.9 Å². The molecule has 0 saturated heterocycles. The lowest BCUT2D eigenvalue weighted by Crippen LogP contribution is -2.14. The van der Waals surface area contributed by atoms with Gasteiger partial charge in [0.25, 0.3) is 5.95 Å². The van der Waals surface area contributed by atoms with Gasteiger partial charge in [0, 0.05) is 6.20 Å². The number of hydrogen-bond donors (Lipinski definition) is 1. The number of nitrogens with zero attached hydrogens (tertiary/aromatic N) is 3. The van der Waals surface area contributed by atoms with Gasteiger partial charge in [-0.05, 0) is 13.8 Å². The Bertz CT molecular complexity index is 420. The molecular formula is C8H10N4O4. The molecule has 1 heterocycles. The van der Waals surface area contributed by atoms with Crippen LogP contribution in [0.1, 0.15) is 23.0 Å². The number of aryl methyl sites for hydroxylation is 1. The summed E-state index contributed by atoms with van der Waals surface area (Å²) in [4.78, 5) is 28.8. The Morgan fingerprint density at radius 1 is 1.69 bits per heavy atom. The lowest BCUT2D eigenvalue weighted by molar-refractivity contribution is -0.446. The molecule has 0 saturated carbocycles. The standard InChI is InChI=1S/C8H10N4O4/c1-3-16-7(13)6-4-9-8(10-5(6)2)11-12(14)15/h4H,3H2,1-2H3,(H,9,10,11). The molecule has 1 rings (SSSR count). The highest BCUT2D eigenvalue weighted by molar-refractivity contribution is 5.90.